The summed E-state index contributed by atoms with van der Waals surface area (Å²) < 4.78 is 22.8. The van der Waals surface area contributed by atoms with Gasteiger partial charge in [-0.3, -0.25) is 4.79 Å². The highest BCUT2D eigenvalue weighted by molar-refractivity contribution is 7.99. The van der Waals surface area contributed by atoms with E-state index in [2.05, 4.69) is 5.32 Å². The van der Waals surface area contributed by atoms with Gasteiger partial charge in [0.2, 0.25) is 5.91 Å². The van der Waals surface area contributed by atoms with Crippen LogP contribution in [0.2, 0.25) is 0 Å². The summed E-state index contributed by atoms with van der Waals surface area (Å²) in [5.41, 5.74) is 0. The Morgan fingerprint density at radius 3 is 2.74 bits per heavy atom. The molecule has 2 aliphatic heterocycles. The first-order valence-corrected chi connectivity index (χ1v) is 9.23. The van der Waals surface area contributed by atoms with E-state index in [-0.39, 0.29) is 41.9 Å². The number of hydrogen-bond acceptors (Lipinski definition) is 5. The molecule has 5 nitrogen and oxygen atoms in total. The number of nitrogens with zero attached hydrogens (tertiary/aromatic N) is 1. The zero-order chi connectivity index (χ0) is 13.2. The van der Waals surface area contributed by atoms with E-state index in [1.165, 1.54) is 0 Å². The van der Waals surface area contributed by atoms with Gasteiger partial charge in [-0.25, -0.2) is 8.42 Å². The van der Waals surface area contributed by atoms with Crippen LogP contribution in [0.5, 0.6) is 0 Å². The molecule has 0 radical (unpaired) electrons. The molecule has 0 spiro atoms. The number of halogens is 1. The largest absolute Gasteiger partial charge is 0.342 e. The quantitative estimate of drug-likeness (QED) is 0.799. The van der Waals surface area contributed by atoms with Crippen LogP contribution in [0.1, 0.15) is 12.8 Å². The topological polar surface area (TPSA) is 66.5 Å². The van der Waals surface area contributed by atoms with Crippen molar-refractivity contribution >= 4 is 39.9 Å². The molecule has 0 aromatic heterocycles. The molecular weight excluding hydrogens is 308 g/mol. The lowest BCUT2D eigenvalue weighted by atomic mass is 10.1. The van der Waals surface area contributed by atoms with Crippen LogP contribution in [0.3, 0.4) is 0 Å². The SMILES string of the molecule is CN(C(=O)CC1CSCCN1)C1CCS(=O)(=O)C1.Cl. The fourth-order valence-electron chi connectivity index (χ4n) is 2.39. The van der Waals surface area contributed by atoms with Gasteiger partial charge >= 0.3 is 0 Å². The van der Waals surface area contributed by atoms with Crippen LogP contribution in [0.4, 0.5) is 0 Å². The zero-order valence-corrected chi connectivity index (χ0v) is 13.5. The van der Waals surface area contributed by atoms with Crippen molar-refractivity contribution in [2.24, 2.45) is 0 Å². The van der Waals surface area contributed by atoms with E-state index >= 15 is 0 Å². The molecule has 8 heteroatoms. The molecule has 0 aromatic carbocycles. The molecule has 2 fully saturated rings. The molecule has 2 rings (SSSR count). The van der Waals surface area contributed by atoms with Gasteiger partial charge in [0.25, 0.3) is 0 Å². The number of hydrogen-bond donors (Lipinski definition) is 1. The maximum Gasteiger partial charge on any atom is 0.224 e. The number of amides is 1. The van der Waals surface area contributed by atoms with E-state index in [1.54, 1.807) is 11.9 Å². The standard InChI is InChI=1S/C11H20N2O3S2.ClH/c1-13(10-2-5-18(15,16)8-10)11(14)6-9-7-17-4-3-12-9;/h9-10,12H,2-8H2,1H3;1H. The summed E-state index contributed by atoms with van der Waals surface area (Å²) in [5.74, 6) is 2.45. The highest BCUT2D eigenvalue weighted by Crippen LogP contribution is 2.18. The zero-order valence-electron chi connectivity index (χ0n) is 11.0. The normalized spacial score (nSPS) is 29.5. The molecule has 1 amide bonds. The average molecular weight is 329 g/mol. The van der Waals surface area contributed by atoms with Crippen LogP contribution in [0.15, 0.2) is 0 Å². The van der Waals surface area contributed by atoms with Gasteiger partial charge in [-0.15, -0.1) is 12.4 Å². The highest BCUT2D eigenvalue weighted by Gasteiger charge is 2.33. The lowest BCUT2D eigenvalue weighted by Gasteiger charge is -2.28. The third kappa shape index (κ3) is 4.81. The third-order valence-electron chi connectivity index (χ3n) is 3.57. The van der Waals surface area contributed by atoms with Crippen LogP contribution in [-0.2, 0) is 14.6 Å². The minimum absolute atomic E-state index is 0. The predicted octanol–water partition coefficient (Wildman–Crippen LogP) is 0.149. The fraction of sp³-hybridized carbons (Fsp3) is 0.909. The molecule has 0 aromatic rings. The lowest BCUT2D eigenvalue weighted by molar-refractivity contribution is -0.131. The Labute approximate surface area is 125 Å². The summed E-state index contributed by atoms with van der Waals surface area (Å²) in [6.07, 6.45) is 1.05. The number of sulfone groups is 1. The summed E-state index contributed by atoms with van der Waals surface area (Å²) >= 11 is 1.86. The van der Waals surface area contributed by atoms with Crippen molar-refractivity contribution in [2.75, 3.05) is 36.6 Å². The van der Waals surface area contributed by atoms with Crippen molar-refractivity contribution in [3.8, 4) is 0 Å². The number of thioether (sulfide) groups is 1. The monoisotopic (exact) mass is 328 g/mol. The van der Waals surface area contributed by atoms with Gasteiger partial charge in [-0.1, -0.05) is 0 Å². The first-order chi connectivity index (χ1) is 8.48. The molecular formula is C11H21ClN2O3S2. The summed E-state index contributed by atoms with van der Waals surface area (Å²) in [5, 5.41) is 3.33. The van der Waals surface area contributed by atoms with Crippen molar-refractivity contribution in [1.29, 1.82) is 0 Å². The Bertz CT molecular complexity index is 410. The van der Waals surface area contributed by atoms with Gasteiger partial charge in [0.05, 0.1) is 11.5 Å². The third-order valence-corrected chi connectivity index (χ3v) is 6.45. The molecule has 2 unspecified atom stereocenters. The van der Waals surface area contributed by atoms with E-state index in [0.717, 1.165) is 18.1 Å². The minimum Gasteiger partial charge on any atom is -0.342 e. The van der Waals surface area contributed by atoms with Crippen LogP contribution in [-0.4, -0.2) is 67.9 Å². The first-order valence-electron chi connectivity index (χ1n) is 6.25. The maximum atomic E-state index is 12.1. The van der Waals surface area contributed by atoms with Gasteiger partial charge in [0, 0.05) is 43.6 Å². The van der Waals surface area contributed by atoms with E-state index < -0.39 is 9.84 Å². The molecule has 19 heavy (non-hydrogen) atoms. The average Bonchev–Trinajstić information content (AvgIpc) is 2.70. The van der Waals surface area contributed by atoms with E-state index in [0.29, 0.717) is 12.8 Å². The second-order valence-electron chi connectivity index (χ2n) is 4.99. The van der Waals surface area contributed by atoms with Gasteiger partial charge < -0.3 is 10.2 Å². The second kappa shape index (κ2) is 7.15. The Balaban J connectivity index is 0.00000180. The summed E-state index contributed by atoms with van der Waals surface area (Å²) in [4.78, 5) is 13.7. The van der Waals surface area contributed by atoms with Crippen LogP contribution in [0, 0.1) is 0 Å². The minimum atomic E-state index is -2.92. The van der Waals surface area contributed by atoms with Crippen LogP contribution in [0.25, 0.3) is 0 Å². The Kier molecular flexibility index (Phi) is 6.42. The van der Waals surface area contributed by atoms with Crippen molar-refractivity contribution in [1.82, 2.24) is 10.2 Å². The van der Waals surface area contributed by atoms with Gasteiger partial charge in [0.15, 0.2) is 9.84 Å². The van der Waals surface area contributed by atoms with Crippen molar-refractivity contribution in [2.45, 2.75) is 24.9 Å². The van der Waals surface area contributed by atoms with Crippen LogP contribution < -0.4 is 5.32 Å². The Hall–Kier alpha value is 0.0200. The molecule has 2 atom stereocenters. The molecule has 0 bridgehead atoms. The molecule has 2 saturated heterocycles. The molecule has 2 heterocycles. The number of rotatable bonds is 3. The van der Waals surface area contributed by atoms with E-state index in [4.69, 9.17) is 0 Å². The van der Waals surface area contributed by atoms with Gasteiger partial charge in [-0.2, -0.15) is 11.8 Å². The second-order valence-corrected chi connectivity index (χ2v) is 8.37. The molecule has 0 aliphatic carbocycles. The lowest BCUT2D eigenvalue weighted by Crippen LogP contribution is -2.44. The van der Waals surface area contributed by atoms with Crippen molar-refractivity contribution in [3.05, 3.63) is 0 Å². The summed E-state index contributed by atoms with van der Waals surface area (Å²) in [6.45, 7) is 0.949. The molecule has 112 valence electrons. The smallest absolute Gasteiger partial charge is 0.224 e. The molecule has 2 aliphatic rings. The van der Waals surface area contributed by atoms with E-state index in [9.17, 15) is 13.2 Å². The first kappa shape index (κ1) is 17.1. The highest BCUT2D eigenvalue weighted by atomic mass is 35.5. The maximum absolute atomic E-state index is 12.1. The number of carbonyl (C=O) groups is 1. The Morgan fingerprint density at radius 2 is 2.21 bits per heavy atom. The number of nitrogens with one attached hydrogen (secondary N) is 1. The fourth-order valence-corrected chi connectivity index (χ4v) is 5.11. The van der Waals surface area contributed by atoms with Crippen LogP contribution >= 0.6 is 24.2 Å². The molecule has 0 saturated carbocycles. The van der Waals surface area contributed by atoms with Gasteiger partial charge in [0.1, 0.15) is 0 Å². The summed E-state index contributed by atoms with van der Waals surface area (Å²) in [6, 6.07) is 0.107. The Morgan fingerprint density at radius 1 is 1.47 bits per heavy atom. The van der Waals surface area contributed by atoms with E-state index in [1.807, 2.05) is 11.8 Å². The summed E-state index contributed by atoms with van der Waals surface area (Å²) in [7, 11) is -1.19. The predicted molar refractivity (Wildman–Crippen MR) is 80.8 cm³/mol. The van der Waals surface area contributed by atoms with Crippen molar-refractivity contribution in [3.63, 3.8) is 0 Å². The molecule has 1 N–H and O–H groups in total. The number of carbonyl (C=O) groups excluding carboxylic acids is 1. The van der Waals surface area contributed by atoms with Crippen molar-refractivity contribution < 1.29 is 13.2 Å². The van der Waals surface area contributed by atoms with Gasteiger partial charge in [-0.05, 0) is 6.42 Å².